The van der Waals surface area contributed by atoms with Crippen molar-refractivity contribution in [2.45, 2.75) is 25.9 Å². The summed E-state index contributed by atoms with van der Waals surface area (Å²) in [7, 11) is 0. The highest BCUT2D eigenvalue weighted by atomic mass is 32.2. The summed E-state index contributed by atoms with van der Waals surface area (Å²) in [6, 6.07) is 10.5. The quantitative estimate of drug-likeness (QED) is 0.696. The third kappa shape index (κ3) is 4.08. The minimum Gasteiger partial charge on any atom is -0.323 e. The highest BCUT2D eigenvalue weighted by Gasteiger charge is 2.13. The lowest BCUT2D eigenvalue weighted by atomic mass is 10.1. The van der Waals surface area contributed by atoms with E-state index in [1.54, 1.807) is 16.8 Å². The summed E-state index contributed by atoms with van der Waals surface area (Å²) in [6.07, 6.45) is 0. The lowest BCUT2D eigenvalue weighted by Crippen LogP contribution is -2.15. The molecule has 0 saturated carbocycles. The highest BCUT2D eigenvalue weighted by Crippen LogP contribution is 2.21. The minimum atomic E-state index is -0.464. The summed E-state index contributed by atoms with van der Waals surface area (Å²) >= 11 is 1.19. The molecule has 0 unspecified atom stereocenters. The molecule has 3 rings (SSSR count). The van der Waals surface area contributed by atoms with E-state index < -0.39 is 5.82 Å². The number of carbonyl (C=O) groups excluding carboxylic acids is 1. The first kappa shape index (κ1) is 18.1. The predicted molar refractivity (Wildman–Crippen MR) is 99.1 cm³/mol. The SMILES string of the molecule is Cc1ccc(F)c(NC(=O)CSc2nnnn2-c2ccc(C)c(C)c2)c1. The molecular formula is C18H18FN5OS. The number of rotatable bonds is 5. The third-order valence-electron chi connectivity index (χ3n) is 3.90. The first-order valence-electron chi connectivity index (χ1n) is 7.99. The van der Waals surface area contributed by atoms with Gasteiger partial charge in [-0.1, -0.05) is 23.9 Å². The van der Waals surface area contributed by atoms with E-state index in [1.165, 1.54) is 23.4 Å². The Morgan fingerprint density at radius 1 is 1.15 bits per heavy atom. The number of tetrazole rings is 1. The molecule has 0 aliphatic carbocycles. The summed E-state index contributed by atoms with van der Waals surface area (Å²) in [5.41, 5.74) is 4.17. The Hall–Kier alpha value is -2.74. The number of anilines is 1. The number of hydrogen-bond donors (Lipinski definition) is 1. The highest BCUT2D eigenvalue weighted by molar-refractivity contribution is 7.99. The Kier molecular flexibility index (Phi) is 5.32. The molecule has 0 fully saturated rings. The van der Waals surface area contributed by atoms with Crippen LogP contribution in [0.4, 0.5) is 10.1 Å². The molecule has 2 aromatic carbocycles. The summed E-state index contributed by atoms with van der Waals surface area (Å²) < 4.78 is 15.3. The fourth-order valence-electron chi connectivity index (χ4n) is 2.34. The van der Waals surface area contributed by atoms with Gasteiger partial charge in [-0.25, -0.2) is 4.39 Å². The molecule has 0 radical (unpaired) electrons. The maximum atomic E-state index is 13.7. The number of benzene rings is 2. The van der Waals surface area contributed by atoms with Crippen molar-refractivity contribution >= 4 is 23.4 Å². The van der Waals surface area contributed by atoms with Gasteiger partial charge in [0.15, 0.2) is 0 Å². The molecule has 3 aromatic rings. The fourth-order valence-corrected chi connectivity index (χ4v) is 3.03. The van der Waals surface area contributed by atoms with Crippen molar-refractivity contribution in [3.05, 3.63) is 58.9 Å². The van der Waals surface area contributed by atoms with Gasteiger partial charge in [0.25, 0.3) is 0 Å². The van der Waals surface area contributed by atoms with Crippen molar-refractivity contribution < 1.29 is 9.18 Å². The zero-order valence-corrected chi connectivity index (χ0v) is 15.5. The molecule has 1 N–H and O–H groups in total. The van der Waals surface area contributed by atoms with E-state index in [-0.39, 0.29) is 17.3 Å². The van der Waals surface area contributed by atoms with E-state index in [9.17, 15) is 9.18 Å². The summed E-state index contributed by atoms with van der Waals surface area (Å²) in [5.74, 6) is -0.721. The topological polar surface area (TPSA) is 72.7 Å². The van der Waals surface area contributed by atoms with E-state index in [1.807, 2.05) is 39.0 Å². The van der Waals surface area contributed by atoms with Gasteiger partial charge in [0.1, 0.15) is 5.82 Å². The van der Waals surface area contributed by atoms with E-state index in [2.05, 4.69) is 20.8 Å². The Morgan fingerprint density at radius 2 is 1.96 bits per heavy atom. The van der Waals surface area contributed by atoms with Crippen LogP contribution in [0.1, 0.15) is 16.7 Å². The van der Waals surface area contributed by atoms with Gasteiger partial charge in [-0.3, -0.25) is 4.79 Å². The van der Waals surface area contributed by atoms with Crippen LogP contribution >= 0.6 is 11.8 Å². The molecule has 8 heteroatoms. The Bertz CT molecular complexity index is 957. The number of carbonyl (C=O) groups is 1. The van der Waals surface area contributed by atoms with Crippen molar-refractivity contribution in [3.8, 4) is 5.69 Å². The van der Waals surface area contributed by atoms with Gasteiger partial charge in [0.2, 0.25) is 11.1 Å². The van der Waals surface area contributed by atoms with Crippen LogP contribution < -0.4 is 5.32 Å². The number of nitrogens with zero attached hydrogens (tertiary/aromatic N) is 4. The van der Waals surface area contributed by atoms with Gasteiger partial charge in [-0.05, 0) is 72.2 Å². The molecule has 0 saturated heterocycles. The molecule has 0 aliphatic heterocycles. The van der Waals surface area contributed by atoms with Crippen molar-refractivity contribution in [1.82, 2.24) is 20.2 Å². The smallest absolute Gasteiger partial charge is 0.234 e. The molecular weight excluding hydrogens is 353 g/mol. The molecule has 0 spiro atoms. The van der Waals surface area contributed by atoms with Gasteiger partial charge in [-0.2, -0.15) is 4.68 Å². The second-order valence-corrected chi connectivity index (χ2v) is 6.90. The minimum absolute atomic E-state index is 0.0681. The Balaban J connectivity index is 1.69. The van der Waals surface area contributed by atoms with E-state index in [0.717, 1.165) is 16.8 Å². The Labute approximate surface area is 154 Å². The summed E-state index contributed by atoms with van der Waals surface area (Å²) in [5, 5.41) is 14.7. The molecule has 26 heavy (non-hydrogen) atoms. The third-order valence-corrected chi connectivity index (χ3v) is 4.82. The van der Waals surface area contributed by atoms with Crippen molar-refractivity contribution in [1.29, 1.82) is 0 Å². The van der Waals surface area contributed by atoms with Crippen LogP contribution in [-0.2, 0) is 4.79 Å². The number of amides is 1. The largest absolute Gasteiger partial charge is 0.323 e. The van der Waals surface area contributed by atoms with Gasteiger partial charge in [-0.15, -0.1) is 5.10 Å². The molecule has 6 nitrogen and oxygen atoms in total. The maximum Gasteiger partial charge on any atom is 0.234 e. The average Bonchev–Trinajstić information content (AvgIpc) is 3.07. The van der Waals surface area contributed by atoms with Gasteiger partial charge in [0, 0.05) is 0 Å². The zero-order chi connectivity index (χ0) is 18.7. The number of aromatic nitrogens is 4. The molecule has 0 bridgehead atoms. The van der Waals surface area contributed by atoms with Crippen LogP contribution in [-0.4, -0.2) is 31.9 Å². The first-order chi connectivity index (χ1) is 12.4. The maximum absolute atomic E-state index is 13.7. The van der Waals surface area contributed by atoms with Crippen LogP contribution in [0.25, 0.3) is 5.69 Å². The molecule has 1 heterocycles. The molecule has 1 aromatic heterocycles. The molecule has 1 amide bonds. The monoisotopic (exact) mass is 371 g/mol. The fraction of sp³-hybridized carbons (Fsp3) is 0.222. The number of hydrogen-bond acceptors (Lipinski definition) is 5. The van der Waals surface area contributed by atoms with Crippen LogP contribution in [0, 0.1) is 26.6 Å². The second kappa shape index (κ2) is 7.65. The summed E-state index contributed by atoms with van der Waals surface area (Å²) in [6.45, 7) is 5.88. The van der Waals surface area contributed by atoms with Gasteiger partial charge >= 0.3 is 0 Å². The number of thioether (sulfide) groups is 1. The lowest BCUT2D eigenvalue weighted by Gasteiger charge is -2.08. The van der Waals surface area contributed by atoms with E-state index in [4.69, 9.17) is 0 Å². The van der Waals surface area contributed by atoms with Crippen LogP contribution in [0.3, 0.4) is 0 Å². The number of aryl methyl sites for hydroxylation is 3. The van der Waals surface area contributed by atoms with Crippen LogP contribution in [0.2, 0.25) is 0 Å². The first-order valence-corrected chi connectivity index (χ1v) is 8.97. The molecule has 134 valence electrons. The average molecular weight is 371 g/mol. The standard InChI is InChI=1S/C18H18FN5OS/c1-11-4-7-15(19)16(8-11)20-17(25)10-26-18-21-22-23-24(18)14-6-5-12(2)13(3)9-14/h4-9H,10H2,1-3H3,(H,20,25). The molecule has 0 atom stereocenters. The summed E-state index contributed by atoms with van der Waals surface area (Å²) in [4.78, 5) is 12.1. The van der Waals surface area contributed by atoms with Crippen LogP contribution in [0.15, 0.2) is 41.6 Å². The van der Waals surface area contributed by atoms with E-state index >= 15 is 0 Å². The van der Waals surface area contributed by atoms with Gasteiger partial charge in [0.05, 0.1) is 17.1 Å². The molecule has 0 aliphatic rings. The van der Waals surface area contributed by atoms with Gasteiger partial charge < -0.3 is 5.32 Å². The van der Waals surface area contributed by atoms with Crippen molar-refractivity contribution in [3.63, 3.8) is 0 Å². The lowest BCUT2D eigenvalue weighted by molar-refractivity contribution is -0.113. The zero-order valence-electron chi connectivity index (χ0n) is 14.7. The van der Waals surface area contributed by atoms with Crippen molar-refractivity contribution in [2.24, 2.45) is 0 Å². The Morgan fingerprint density at radius 3 is 2.73 bits per heavy atom. The predicted octanol–water partition coefficient (Wildman–Crippen LogP) is 3.46. The van der Waals surface area contributed by atoms with Crippen LogP contribution in [0.5, 0.6) is 0 Å². The van der Waals surface area contributed by atoms with E-state index in [0.29, 0.717) is 5.16 Å². The normalized spacial score (nSPS) is 10.8. The number of halogens is 1. The van der Waals surface area contributed by atoms with Crippen molar-refractivity contribution in [2.75, 3.05) is 11.1 Å². The number of nitrogens with one attached hydrogen (secondary N) is 1. The second-order valence-electron chi connectivity index (χ2n) is 5.96.